The van der Waals surface area contributed by atoms with Crippen molar-refractivity contribution in [3.63, 3.8) is 0 Å². The van der Waals surface area contributed by atoms with Crippen molar-refractivity contribution in [2.24, 2.45) is 0 Å². The monoisotopic (exact) mass is 348 g/mol. The summed E-state index contributed by atoms with van der Waals surface area (Å²) in [6.07, 6.45) is 3.15. The molecule has 1 aliphatic carbocycles. The number of nitrogens with zero attached hydrogens (tertiary/aromatic N) is 3. The SMILES string of the molecule is c1ccc(C2(Cc3noc(-c4cc(-c5cccs5)[nH]n4)n3)CC2)cc1. The zero-order valence-electron chi connectivity index (χ0n) is 13.5. The van der Waals surface area contributed by atoms with Crippen molar-refractivity contribution in [2.45, 2.75) is 24.7 Å². The summed E-state index contributed by atoms with van der Waals surface area (Å²) < 4.78 is 5.45. The molecule has 0 radical (unpaired) electrons. The summed E-state index contributed by atoms with van der Waals surface area (Å²) in [7, 11) is 0. The van der Waals surface area contributed by atoms with E-state index >= 15 is 0 Å². The number of rotatable bonds is 5. The third-order valence-electron chi connectivity index (χ3n) is 4.79. The Bertz CT molecular complexity index is 984. The van der Waals surface area contributed by atoms with E-state index in [1.165, 1.54) is 18.4 Å². The second-order valence-corrected chi connectivity index (χ2v) is 7.43. The molecule has 1 aliphatic rings. The van der Waals surface area contributed by atoms with Gasteiger partial charge in [-0.15, -0.1) is 11.3 Å². The molecule has 5 nitrogen and oxygen atoms in total. The number of thiophene rings is 1. The number of aromatic amines is 1. The van der Waals surface area contributed by atoms with Gasteiger partial charge in [-0.05, 0) is 35.9 Å². The molecule has 3 heterocycles. The Balaban J connectivity index is 1.38. The largest absolute Gasteiger partial charge is 0.332 e. The predicted molar refractivity (Wildman–Crippen MR) is 96.3 cm³/mol. The lowest BCUT2D eigenvalue weighted by molar-refractivity contribution is 0.417. The molecule has 0 aliphatic heterocycles. The molecule has 0 unspecified atom stereocenters. The zero-order chi connectivity index (χ0) is 16.7. The minimum absolute atomic E-state index is 0.177. The highest BCUT2D eigenvalue weighted by Crippen LogP contribution is 2.50. The summed E-state index contributed by atoms with van der Waals surface area (Å²) in [6, 6.07) is 16.6. The van der Waals surface area contributed by atoms with Crippen LogP contribution in [0.4, 0.5) is 0 Å². The third kappa shape index (κ3) is 2.68. The van der Waals surface area contributed by atoms with Crippen LogP contribution in [0.25, 0.3) is 22.2 Å². The molecule has 1 saturated carbocycles. The molecule has 5 rings (SSSR count). The molecule has 1 aromatic carbocycles. The van der Waals surface area contributed by atoms with Crippen LogP contribution in [0.5, 0.6) is 0 Å². The third-order valence-corrected chi connectivity index (χ3v) is 5.69. The van der Waals surface area contributed by atoms with Crippen LogP contribution in [0.2, 0.25) is 0 Å². The average molecular weight is 348 g/mol. The second-order valence-electron chi connectivity index (χ2n) is 6.48. The average Bonchev–Trinajstić information content (AvgIpc) is 3.12. The maximum Gasteiger partial charge on any atom is 0.278 e. The highest BCUT2D eigenvalue weighted by atomic mass is 32.1. The molecule has 0 bridgehead atoms. The first-order valence-electron chi connectivity index (χ1n) is 8.30. The Labute approximate surface area is 148 Å². The molecule has 124 valence electrons. The van der Waals surface area contributed by atoms with Crippen LogP contribution >= 0.6 is 11.3 Å². The molecule has 0 amide bonds. The van der Waals surface area contributed by atoms with Crippen molar-refractivity contribution in [1.82, 2.24) is 20.3 Å². The Morgan fingerprint density at radius 2 is 2.00 bits per heavy atom. The van der Waals surface area contributed by atoms with Crippen molar-refractivity contribution in [3.05, 3.63) is 65.3 Å². The van der Waals surface area contributed by atoms with Crippen molar-refractivity contribution in [3.8, 4) is 22.2 Å². The van der Waals surface area contributed by atoms with E-state index < -0.39 is 0 Å². The topological polar surface area (TPSA) is 67.6 Å². The molecule has 6 heteroatoms. The van der Waals surface area contributed by atoms with Crippen LogP contribution in [-0.2, 0) is 11.8 Å². The first-order valence-corrected chi connectivity index (χ1v) is 9.18. The lowest BCUT2D eigenvalue weighted by Gasteiger charge is -2.12. The first kappa shape index (κ1) is 14.6. The summed E-state index contributed by atoms with van der Waals surface area (Å²) in [5, 5.41) is 13.6. The van der Waals surface area contributed by atoms with E-state index in [-0.39, 0.29) is 5.41 Å². The summed E-state index contributed by atoms with van der Waals surface area (Å²) >= 11 is 1.67. The van der Waals surface area contributed by atoms with E-state index in [1.807, 2.05) is 17.5 Å². The van der Waals surface area contributed by atoms with Crippen LogP contribution < -0.4 is 0 Å². The van der Waals surface area contributed by atoms with Crippen molar-refractivity contribution in [2.75, 3.05) is 0 Å². The highest BCUT2D eigenvalue weighted by molar-refractivity contribution is 7.13. The number of hydrogen-bond donors (Lipinski definition) is 1. The van der Waals surface area contributed by atoms with E-state index in [1.54, 1.807) is 11.3 Å². The van der Waals surface area contributed by atoms with E-state index in [0.717, 1.165) is 22.8 Å². The Morgan fingerprint density at radius 1 is 1.12 bits per heavy atom. The fraction of sp³-hybridized carbons (Fsp3) is 0.211. The van der Waals surface area contributed by atoms with Gasteiger partial charge in [0.05, 0.1) is 10.6 Å². The minimum Gasteiger partial charge on any atom is -0.332 e. The van der Waals surface area contributed by atoms with Gasteiger partial charge in [-0.3, -0.25) is 5.10 Å². The van der Waals surface area contributed by atoms with Crippen LogP contribution in [0, 0.1) is 0 Å². The van der Waals surface area contributed by atoms with Crippen molar-refractivity contribution < 1.29 is 4.52 Å². The second kappa shape index (κ2) is 5.67. The summed E-state index contributed by atoms with van der Waals surface area (Å²) in [4.78, 5) is 5.71. The van der Waals surface area contributed by atoms with Crippen LogP contribution in [0.3, 0.4) is 0 Å². The molecule has 0 saturated heterocycles. The molecular formula is C19H16N4OS. The Hall–Kier alpha value is -2.73. The first-order chi connectivity index (χ1) is 12.3. The fourth-order valence-electron chi connectivity index (χ4n) is 3.23. The van der Waals surface area contributed by atoms with E-state index in [4.69, 9.17) is 4.52 Å². The summed E-state index contributed by atoms with van der Waals surface area (Å²) in [5.74, 6) is 1.22. The van der Waals surface area contributed by atoms with Crippen LogP contribution in [0.1, 0.15) is 24.2 Å². The van der Waals surface area contributed by atoms with Gasteiger partial charge in [0.2, 0.25) is 0 Å². The van der Waals surface area contributed by atoms with Gasteiger partial charge in [-0.1, -0.05) is 41.6 Å². The molecule has 0 spiro atoms. The lowest BCUT2D eigenvalue weighted by Crippen LogP contribution is -2.11. The molecular weight excluding hydrogens is 332 g/mol. The van der Waals surface area contributed by atoms with Gasteiger partial charge in [0.1, 0.15) is 0 Å². The van der Waals surface area contributed by atoms with E-state index in [9.17, 15) is 0 Å². The Kier molecular flexibility index (Phi) is 3.31. The van der Waals surface area contributed by atoms with Gasteiger partial charge in [0, 0.05) is 11.8 Å². The van der Waals surface area contributed by atoms with Gasteiger partial charge in [0.15, 0.2) is 11.5 Å². The molecule has 3 aromatic heterocycles. The summed E-state index contributed by atoms with van der Waals surface area (Å²) in [6.45, 7) is 0. The van der Waals surface area contributed by atoms with Gasteiger partial charge < -0.3 is 4.52 Å². The highest BCUT2D eigenvalue weighted by Gasteiger charge is 2.45. The number of H-pyrrole nitrogens is 1. The minimum atomic E-state index is 0.177. The maximum atomic E-state index is 5.45. The van der Waals surface area contributed by atoms with Crippen molar-refractivity contribution >= 4 is 11.3 Å². The van der Waals surface area contributed by atoms with Gasteiger partial charge in [-0.2, -0.15) is 10.1 Å². The number of hydrogen-bond acceptors (Lipinski definition) is 5. The number of aromatic nitrogens is 4. The molecule has 4 aromatic rings. The van der Waals surface area contributed by atoms with Gasteiger partial charge >= 0.3 is 0 Å². The van der Waals surface area contributed by atoms with E-state index in [2.05, 4.69) is 56.7 Å². The maximum absolute atomic E-state index is 5.45. The zero-order valence-corrected chi connectivity index (χ0v) is 14.3. The standard InChI is InChI=1S/C19H16N4OS/c1-2-5-13(6-3-1)19(8-9-19)12-17-20-18(24-23-17)15-11-14(21-22-15)16-7-4-10-25-16/h1-7,10-11H,8-9,12H2,(H,21,22). The Morgan fingerprint density at radius 3 is 2.76 bits per heavy atom. The molecule has 0 atom stereocenters. The predicted octanol–water partition coefficient (Wildman–Crippen LogP) is 4.46. The summed E-state index contributed by atoms with van der Waals surface area (Å²) in [5.41, 5.74) is 3.19. The molecule has 1 N–H and O–H groups in total. The fourth-order valence-corrected chi connectivity index (χ4v) is 3.92. The molecule has 1 fully saturated rings. The normalized spacial score (nSPS) is 15.4. The number of nitrogens with one attached hydrogen (secondary N) is 1. The quantitative estimate of drug-likeness (QED) is 0.578. The smallest absolute Gasteiger partial charge is 0.278 e. The number of benzene rings is 1. The molecule has 25 heavy (non-hydrogen) atoms. The lowest BCUT2D eigenvalue weighted by atomic mass is 9.92. The van der Waals surface area contributed by atoms with E-state index in [0.29, 0.717) is 11.6 Å². The van der Waals surface area contributed by atoms with Gasteiger partial charge in [-0.25, -0.2) is 0 Å². The van der Waals surface area contributed by atoms with Crippen molar-refractivity contribution in [1.29, 1.82) is 0 Å². The van der Waals surface area contributed by atoms with Crippen LogP contribution in [0.15, 0.2) is 58.4 Å². The van der Waals surface area contributed by atoms with Crippen LogP contribution in [-0.4, -0.2) is 20.3 Å². The van der Waals surface area contributed by atoms with Gasteiger partial charge in [0.25, 0.3) is 5.89 Å².